The Labute approximate surface area is 81.4 Å². The minimum Gasteiger partial charge on any atom is -0.465 e. The normalized spacial score (nSPS) is 9.31. The smallest absolute Gasteiger partial charge is 0.404 e. The summed E-state index contributed by atoms with van der Waals surface area (Å²) in [6.45, 7) is 0.943. The number of nitrogens with one attached hydrogen (secondary N) is 2. The van der Waals surface area contributed by atoms with E-state index in [-0.39, 0.29) is 11.8 Å². The Morgan fingerprint density at radius 2 is 1.69 bits per heavy atom. The molecular weight excluding hydrogens is 196 g/mol. The van der Waals surface area contributed by atoms with Gasteiger partial charge in [0, 0.05) is 13.1 Å². The van der Waals surface area contributed by atoms with Crippen LogP contribution < -0.4 is 10.6 Å². The van der Waals surface area contributed by atoms with E-state index in [4.69, 9.17) is 16.7 Å². The largest absolute Gasteiger partial charge is 0.465 e. The highest BCUT2D eigenvalue weighted by atomic mass is 35.5. The van der Waals surface area contributed by atoms with Crippen LogP contribution in [0.4, 0.5) is 4.79 Å². The molecule has 0 spiro atoms. The van der Waals surface area contributed by atoms with Crippen LogP contribution in [0, 0.1) is 0 Å². The molecule has 0 bridgehead atoms. The lowest BCUT2D eigenvalue weighted by molar-refractivity contribution is -0.118. The first-order chi connectivity index (χ1) is 6.16. The molecular formula is C7H13ClN2O3. The molecule has 0 unspecified atom stereocenters. The summed E-state index contributed by atoms with van der Waals surface area (Å²) in [6, 6.07) is 0. The van der Waals surface area contributed by atoms with Crippen molar-refractivity contribution in [2.24, 2.45) is 0 Å². The van der Waals surface area contributed by atoms with Gasteiger partial charge in [0.25, 0.3) is 0 Å². The predicted octanol–water partition coefficient (Wildman–Crippen LogP) is 0.389. The second kappa shape index (κ2) is 7.67. The molecule has 0 aromatic heterocycles. The quantitative estimate of drug-likeness (QED) is 0.437. The molecule has 0 heterocycles. The van der Waals surface area contributed by atoms with Crippen LogP contribution in [0.3, 0.4) is 0 Å². The van der Waals surface area contributed by atoms with E-state index in [9.17, 15) is 9.59 Å². The molecule has 0 aliphatic rings. The highest BCUT2D eigenvalue weighted by molar-refractivity contribution is 6.27. The van der Waals surface area contributed by atoms with Crippen molar-refractivity contribution in [3.63, 3.8) is 0 Å². The van der Waals surface area contributed by atoms with Gasteiger partial charge < -0.3 is 15.7 Å². The van der Waals surface area contributed by atoms with Crippen molar-refractivity contribution in [2.75, 3.05) is 19.0 Å². The first-order valence-electron chi connectivity index (χ1n) is 3.96. The van der Waals surface area contributed by atoms with E-state index in [1.54, 1.807) is 0 Å². The Balaban J connectivity index is 3.08. The third-order valence-electron chi connectivity index (χ3n) is 1.32. The minimum absolute atomic E-state index is 0.0343. The van der Waals surface area contributed by atoms with Gasteiger partial charge in [-0.2, -0.15) is 0 Å². The van der Waals surface area contributed by atoms with Gasteiger partial charge in [0.2, 0.25) is 5.91 Å². The van der Waals surface area contributed by atoms with Gasteiger partial charge in [-0.25, -0.2) is 4.79 Å². The number of rotatable bonds is 6. The zero-order valence-electron chi connectivity index (χ0n) is 7.18. The summed E-state index contributed by atoms with van der Waals surface area (Å²) in [5, 5.41) is 13.0. The lowest BCUT2D eigenvalue weighted by Crippen LogP contribution is -2.27. The molecule has 0 aliphatic carbocycles. The average molecular weight is 209 g/mol. The van der Waals surface area contributed by atoms with Crippen LogP contribution in [0.25, 0.3) is 0 Å². The van der Waals surface area contributed by atoms with Crippen LogP contribution in [0.2, 0.25) is 0 Å². The van der Waals surface area contributed by atoms with E-state index in [0.29, 0.717) is 19.5 Å². The minimum atomic E-state index is -1.02. The Kier molecular flexibility index (Phi) is 7.10. The molecule has 0 saturated carbocycles. The van der Waals surface area contributed by atoms with Crippen LogP contribution in [-0.2, 0) is 4.79 Å². The van der Waals surface area contributed by atoms with Crippen molar-refractivity contribution in [3.05, 3.63) is 0 Å². The second-order valence-electron chi connectivity index (χ2n) is 2.42. The molecule has 13 heavy (non-hydrogen) atoms. The van der Waals surface area contributed by atoms with Gasteiger partial charge >= 0.3 is 6.09 Å². The van der Waals surface area contributed by atoms with E-state index in [0.717, 1.165) is 6.42 Å². The monoisotopic (exact) mass is 208 g/mol. The van der Waals surface area contributed by atoms with Gasteiger partial charge in [-0.15, -0.1) is 11.6 Å². The molecule has 0 saturated heterocycles. The van der Waals surface area contributed by atoms with E-state index in [2.05, 4.69) is 10.6 Å². The molecule has 3 N–H and O–H groups in total. The molecule has 76 valence electrons. The topological polar surface area (TPSA) is 78.4 Å². The van der Waals surface area contributed by atoms with Gasteiger partial charge in [0.15, 0.2) is 0 Å². The van der Waals surface area contributed by atoms with Crippen molar-refractivity contribution < 1.29 is 14.7 Å². The summed E-state index contributed by atoms with van der Waals surface area (Å²) in [5.41, 5.74) is 0. The number of unbranched alkanes of at least 4 members (excludes halogenated alkanes) is 1. The maximum Gasteiger partial charge on any atom is 0.404 e. The molecule has 5 nitrogen and oxygen atoms in total. The SMILES string of the molecule is O=C(O)NCCCCNC(=O)CCl. The van der Waals surface area contributed by atoms with Gasteiger partial charge in [0.05, 0.1) is 0 Å². The molecule has 0 fully saturated rings. The van der Waals surface area contributed by atoms with Gasteiger partial charge in [-0.1, -0.05) is 0 Å². The number of hydrogen-bond acceptors (Lipinski definition) is 2. The molecule has 0 aliphatic heterocycles. The average Bonchev–Trinajstić information content (AvgIpc) is 2.10. The van der Waals surface area contributed by atoms with Crippen LogP contribution >= 0.6 is 11.6 Å². The van der Waals surface area contributed by atoms with Crippen molar-refractivity contribution in [2.45, 2.75) is 12.8 Å². The first kappa shape index (κ1) is 12.0. The summed E-state index contributed by atoms with van der Waals surface area (Å²) < 4.78 is 0. The van der Waals surface area contributed by atoms with Crippen molar-refractivity contribution in [3.8, 4) is 0 Å². The molecule has 0 atom stereocenters. The number of carbonyl (C=O) groups excluding carboxylic acids is 1. The zero-order chi connectivity index (χ0) is 10.1. The maximum atomic E-state index is 10.6. The zero-order valence-corrected chi connectivity index (χ0v) is 7.93. The lowest BCUT2D eigenvalue weighted by atomic mass is 10.3. The molecule has 0 rings (SSSR count). The molecule has 2 amide bonds. The molecule has 6 heteroatoms. The number of alkyl halides is 1. The summed E-state index contributed by atoms with van der Waals surface area (Å²) >= 11 is 5.23. The van der Waals surface area contributed by atoms with E-state index >= 15 is 0 Å². The molecule has 0 radical (unpaired) electrons. The fourth-order valence-electron chi connectivity index (χ4n) is 0.720. The number of halogens is 1. The highest BCUT2D eigenvalue weighted by Crippen LogP contribution is 1.85. The Bertz CT molecular complexity index is 175. The van der Waals surface area contributed by atoms with E-state index in [1.807, 2.05) is 0 Å². The van der Waals surface area contributed by atoms with Crippen molar-refractivity contribution in [1.29, 1.82) is 0 Å². The second-order valence-corrected chi connectivity index (χ2v) is 2.69. The Hall–Kier alpha value is -0.970. The predicted molar refractivity (Wildman–Crippen MR) is 49.0 cm³/mol. The van der Waals surface area contributed by atoms with Crippen LogP contribution in [-0.4, -0.2) is 36.1 Å². The van der Waals surface area contributed by atoms with Gasteiger partial charge in [0.1, 0.15) is 5.88 Å². The van der Waals surface area contributed by atoms with E-state index < -0.39 is 6.09 Å². The molecule has 0 aromatic carbocycles. The third-order valence-corrected chi connectivity index (χ3v) is 1.57. The van der Waals surface area contributed by atoms with Gasteiger partial charge in [-0.3, -0.25) is 4.79 Å². The number of carboxylic acid groups (broad SMARTS) is 1. The first-order valence-corrected chi connectivity index (χ1v) is 4.49. The third kappa shape index (κ3) is 8.94. The summed E-state index contributed by atoms with van der Waals surface area (Å²) in [7, 11) is 0. The maximum absolute atomic E-state index is 10.6. The fourth-order valence-corrected chi connectivity index (χ4v) is 0.815. The lowest BCUT2D eigenvalue weighted by Gasteiger charge is -2.02. The fraction of sp³-hybridized carbons (Fsp3) is 0.714. The Morgan fingerprint density at radius 3 is 2.15 bits per heavy atom. The van der Waals surface area contributed by atoms with Crippen molar-refractivity contribution in [1.82, 2.24) is 10.6 Å². The number of carbonyl (C=O) groups is 2. The highest BCUT2D eigenvalue weighted by Gasteiger charge is 1.96. The van der Waals surface area contributed by atoms with E-state index in [1.165, 1.54) is 0 Å². The number of amides is 2. The summed E-state index contributed by atoms with van der Waals surface area (Å²) in [6.07, 6.45) is 0.419. The molecule has 0 aromatic rings. The van der Waals surface area contributed by atoms with Crippen LogP contribution in [0.15, 0.2) is 0 Å². The summed E-state index contributed by atoms with van der Waals surface area (Å²) in [4.78, 5) is 20.6. The standard InChI is InChI=1S/C7H13ClN2O3/c8-5-6(11)9-3-1-2-4-10-7(12)13/h10H,1-5H2,(H,9,11)(H,12,13). The summed E-state index contributed by atoms with van der Waals surface area (Å²) in [5.74, 6) is -0.235. The number of hydrogen-bond donors (Lipinski definition) is 3. The van der Waals surface area contributed by atoms with Gasteiger partial charge in [-0.05, 0) is 12.8 Å². The van der Waals surface area contributed by atoms with Crippen molar-refractivity contribution >= 4 is 23.6 Å². The van der Waals surface area contributed by atoms with Crippen LogP contribution in [0.5, 0.6) is 0 Å². The Morgan fingerprint density at radius 1 is 1.15 bits per heavy atom. The van der Waals surface area contributed by atoms with Crippen LogP contribution in [0.1, 0.15) is 12.8 Å².